The highest BCUT2D eigenvalue weighted by Crippen LogP contribution is 2.21. The Balaban J connectivity index is 3.05. The molecule has 1 aromatic rings. The van der Waals surface area contributed by atoms with Crippen LogP contribution >= 0.6 is 0 Å². The lowest BCUT2D eigenvalue weighted by Crippen LogP contribution is -2.51. The molecule has 2 N–H and O–H groups in total. The minimum absolute atomic E-state index is 0.187. The minimum atomic E-state index is -1.39. The van der Waals surface area contributed by atoms with Gasteiger partial charge in [-0.1, -0.05) is 18.1 Å². The molecule has 1 unspecified atom stereocenters. The van der Waals surface area contributed by atoms with Gasteiger partial charge in [0.2, 0.25) is 0 Å². The molecule has 0 radical (unpaired) electrons. The fraction of sp³-hybridized carbons (Fsp3) is 0.444. The van der Waals surface area contributed by atoms with Crippen molar-refractivity contribution in [3.8, 4) is 11.8 Å². The van der Waals surface area contributed by atoms with Crippen molar-refractivity contribution in [2.24, 2.45) is 0 Å². The maximum atomic E-state index is 12.4. The number of hydrogen-bond donors (Lipinski definition) is 2. The maximum Gasteiger partial charge on any atom is 0.305 e. The summed E-state index contributed by atoms with van der Waals surface area (Å²) in [6.07, 6.45) is 6.62. The summed E-state index contributed by atoms with van der Waals surface area (Å²) in [4.78, 5) is 15.3. The van der Waals surface area contributed by atoms with Gasteiger partial charge in [-0.2, -0.15) is 0 Å². The number of pyridine rings is 1. The molecule has 1 aromatic heterocycles. The summed E-state index contributed by atoms with van der Waals surface area (Å²) in [5.74, 6) is 4.76. The summed E-state index contributed by atoms with van der Waals surface area (Å²) < 4.78 is 14.8. The van der Waals surface area contributed by atoms with Gasteiger partial charge in [0.25, 0.3) is 0 Å². The molecule has 0 aliphatic heterocycles. The molecule has 24 heavy (non-hydrogen) atoms. The summed E-state index contributed by atoms with van der Waals surface area (Å²) in [5, 5.41) is 9.17. The molecule has 0 aliphatic carbocycles. The van der Waals surface area contributed by atoms with E-state index in [1.165, 1.54) is 0 Å². The van der Waals surface area contributed by atoms with Gasteiger partial charge in [0.15, 0.2) is 0 Å². The predicted octanol–water partition coefficient (Wildman–Crippen LogP) is 2.75. The molecule has 6 heteroatoms. The van der Waals surface area contributed by atoms with E-state index in [4.69, 9.17) is 0 Å². The first kappa shape index (κ1) is 20.2. The summed E-state index contributed by atoms with van der Waals surface area (Å²) in [6, 6.07) is 1.86. The Kier molecular flexibility index (Phi) is 7.03. The van der Waals surface area contributed by atoms with Gasteiger partial charge in [0, 0.05) is 29.3 Å². The molecule has 0 saturated carbocycles. The highest BCUT2D eigenvalue weighted by atomic mass is 32.2. The molecule has 0 aromatic carbocycles. The van der Waals surface area contributed by atoms with Gasteiger partial charge in [-0.15, -0.1) is 10.6 Å². The molecule has 130 valence electrons. The molecule has 1 rings (SSSR count). The lowest BCUT2D eigenvalue weighted by molar-refractivity contribution is -0.137. The smallest absolute Gasteiger partial charge is 0.305 e. The van der Waals surface area contributed by atoms with Crippen LogP contribution in [0.15, 0.2) is 24.5 Å². The second kappa shape index (κ2) is 8.34. The lowest BCUT2D eigenvalue weighted by atomic mass is 9.98. The monoisotopic (exact) mass is 348 g/mol. The summed E-state index contributed by atoms with van der Waals surface area (Å²) in [5.41, 5.74) is 0.636. The average molecular weight is 348 g/mol. The topological polar surface area (TPSA) is 85.3 Å². The van der Waals surface area contributed by atoms with Gasteiger partial charge in [0.1, 0.15) is 4.75 Å². The number of carboxylic acid groups (broad SMARTS) is 1. The number of aliphatic carboxylic acids is 1. The first-order valence-electron chi connectivity index (χ1n) is 7.54. The second-order valence-electron chi connectivity index (χ2n) is 6.69. The summed E-state index contributed by atoms with van der Waals surface area (Å²) in [6.45, 7) is 8.95. The average Bonchev–Trinajstić information content (AvgIpc) is 2.44. The fourth-order valence-electron chi connectivity index (χ4n) is 1.85. The van der Waals surface area contributed by atoms with Crippen LogP contribution in [0.2, 0.25) is 0 Å². The molecule has 1 heterocycles. The molecule has 0 saturated heterocycles. The standard InChI is InChI=1S/C18H24N2O3S/c1-6-7-14-10-15(13-19-12-14)8-9-18(5,11-16(21)22)20-24(23)17(2,3)4/h8-10,12-13,20H,11H2,1-5H3,(H,21,22)/t18?,24-/m1/s1. The van der Waals surface area contributed by atoms with Gasteiger partial charge < -0.3 is 9.66 Å². The van der Waals surface area contributed by atoms with Crippen LogP contribution in [0, 0.1) is 11.8 Å². The van der Waals surface area contributed by atoms with Crippen LogP contribution in [0.3, 0.4) is 0 Å². The van der Waals surface area contributed by atoms with Gasteiger partial charge in [-0.05, 0) is 46.2 Å². The van der Waals surface area contributed by atoms with E-state index in [0.717, 1.165) is 11.1 Å². The van der Waals surface area contributed by atoms with E-state index < -0.39 is 27.6 Å². The Morgan fingerprint density at radius 3 is 2.62 bits per heavy atom. The Morgan fingerprint density at radius 1 is 1.42 bits per heavy atom. The zero-order chi connectivity index (χ0) is 18.4. The van der Waals surface area contributed by atoms with Gasteiger partial charge in [-0.25, -0.2) is 0 Å². The highest BCUT2D eigenvalue weighted by Gasteiger charge is 2.35. The van der Waals surface area contributed by atoms with Crippen molar-refractivity contribution in [2.75, 3.05) is 0 Å². The number of aromatic nitrogens is 1. The van der Waals surface area contributed by atoms with Crippen molar-refractivity contribution in [2.45, 2.75) is 51.3 Å². The predicted molar refractivity (Wildman–Crippen MR) is 97.5 cm³/mol. The second-order valence-corrected chi connectivity index (χ2v) is 8.65. The van der Waals surface area contributed by atoms with E-state index in [1.54, 1.807) is 38.4 Å². The van der Waals surface area contributed by atoms with Crippen LogP contribution in [-0.2, 0) is 16.2 Å². The Labute approximate surface area is 146 Å². The van der Waals surface area contributed by atoms with Crippen molar-refractivity contribution in [1.29, 1.82) is 0 Å². The Morgan fingerprint density at radius 2 is 2.08 bits per heavy atom. The number of hydrogen-bond acceptors (Lipinski definition) is 4. The third-order valence-corrected chi connectivity index (χ3v) is 4.84. The molecule has 0 aliphatic rings. The van der Waals surface area contributed by atoms with Crippen LogP contribution in [0.1, 0.15) is 52.2 Å². The number of rotatable bonds is 6. The fourth-order valence-corrected chi connectivity index (χ4v) is 2.72. The van der Waals surface area contributed by atoms with Gasteiger partial charge in [-0.3, -0.25) is 9.78 Å². The van der Waals surface area contributed by atoms with Gasteiger partial charge in [0.05, 0.1) is 12.0 Å². The number of nitrogens with zero attached hydrogens (tertiary/aromatic N) is 1. The van der Waals surface area contributed by atoms with Crippen molar-refractivity contribution in [3.63, 3.8) is 0 Å². The highest BCUT2D eigenvalue weighted by molar-refractivity contribution is 7.90. The molecule has 0 amide bonds. The van der Waals surface area contributed by atoms with Crippen molar-refractivity contribution in [3.05, 3.63) is 35.7 Å². The zero-order valence-corrected chi connectivity index (χ0v) is 15.5. The van der Waals surface area contributed by atoms with Crippen LogP contribution in [0.5, 0.6) is 0 Å². The number of carbonyl (C=O) groups is 1. The van der Waals surface area contributed by atoms with E-state index >= 15 is 0 Å². The third-order valence-electron chi connectivity index (χ3n) is 3.07. The first-order valence-corrected chi connectivity index (χ1v) is 8.69. The van der Waals surface area contributed by atoms with Crippen molar-refractivity contribution < 1.29 is 14.5 Å². The molecular formula is C18H24N2O3S. The first-order chi connectivity index (χ1) is 11.1. The van der Waals surface area contributed by atoms with E-state index in [1.807, 2.05) is 26.8 Å². The van der Waals surface area contributed by atoms with Crippen LogP contribution < -0.4 is 4.72 Å². The lowest BCUT2D eigenvalue weighted by Gasteiger charge is -2.32. The largest absolute Gasteiger partial charge is 0.598 e. The van der Waals surface area contributed by atoms with Crippen LogP contribution in [0.4, 0.5) is 0 Å². The minimum Gasteiger partial charge on any atom is -0.598 e. The summed E-state index contributed by atoms with van der Waals surface area (Å²) >= 11 is -1.39. The van der Waals surface area contributed by atoms with Crippen molar-refractivity contribution >= 4 is 23.4 Å². The molecular weight excluding hydrogens is 324 g/mol. The van der Waals surface area contributed by atoms with Crippen molar-refractivity contribution in [1.82, 2.24) is 9.71 Å². The van der Waals surface area contributed by atoms with E-state index in [2.05, 4.69) is 21.5 Å². The van der Waals surface area contributed by atoms with E-state index in [9.17, 15) is 14.5 Å². The maximum absolute atomic E-state index is 12.4. The zero-order valence-electron chi connectivity index (χ0n) is 14.7. The summed E-state index contributed by atoms with van der Waals surface area (Å²) in [7, 11) is 0. The van der Waals surface area contributed by atoms with E-state index in [-0.39, 0.29) is 6.42 Å². The molecule has 0 spiro atoms. The van der Waals surface area contributed by atoms with E-state index in [0.29, 0.717) is 0 Å². The van der Waals surface area contributed by atoms with Crippen LogP contribution in [-0.4, -0.2) is 30.9 Å². The molecule has 2 atom stereocenters. The molecule has 0 bridgehead atoms. The molecule has 5 nitrogen and oxygen atoms in total. The SMILES string of the molecule is CC#Cc1cncc(C=CC(C)(CC(=O)O)N[S@+]([O-])C(C)(C)C)c1. The Hall–Kier alpha value is -1.81. The molecule has 0 fully saturated rings. The Bertz CT molecular complexity index is 671. The number of carboxylic acids is 1. The normalized spacial score (nSPS) is 15.4. The third kappa shape index (κ3) is 6.75. The quantitative estimate of drug-likeness (QED) is 0.610. The number of nitrogens with one attached hydrogen (secondary N) is 1. The van der Waals surface area contributed by atoms with Crippen LogP contribution in [0.25, 0.3) is 6.08 Å². The van der Waals surface area contributed by atoms with Gasteiger partial charge >= 0.3 is 5.97 Å².